The molecule has 0 spiro atoms. The van der Waals surface area contributed by atoms with Crippen LogP contribution in [0.25, 0.3) is 11.0 Å². The number of nitrogens with zero attached hydrogens (tertiary/aromatic N) is 6. The zero-order valence-corrected chi connectivity index (χ0v) is 18.2. The molecular formula is C21H27N7O3. The average Bonchev–Trinajstić information content (AvgIpc) is 3.19. The summed E-state index contributed by atoms with van der Waals surface area (Å²) in [5.74, 6) is 2.05. The van der Waals surface area contributed by atoms with Crippen molar-refractivity contribution in [3.8, 4) is 11.5 Å². The maximum atomic E-state index is 12.9. The van der Waals surface area contributed by atoms with Crippen molar-refractivity contribution in [1.82, 2.24) is 24.6 Å². The van der Waals surface area contributed by atoms with Gasteiger partial charge in [-0.1, -0.05) is 0 Å². The van der Waals surface area contributed by atoms with Crippen molar-refractivity contribution in [3.63, 3.8) is 0 Å². The van der Waals surface area contributed by atoms with Crippen LogP contribution in [0.15, 0.2) is 30.7 Å². The number of methoxy groups -OCH3 is 2. The smallest absolute Gasteiger partial charge is 0.241 e. The number of aromatic nitrogens is 4. The highest BCUT2D eigenvalue weighted by Crippen LogP contribution is 2.29. The van der Waals surface area contributed by atoms with E-state index in [0.717, 1.165) is 43.0 Å². The van der Waals surface area contributed by atoms with Crippen LogP contribution in [0.1, 0.15) is 6.92 Å². The van der Waals surface area contributed by atoms with Crippen LogP contribution < -0.4 is 19.7 Å². The Labute approximate surface area is 180 Å². The summed E-state index contributed by atoms with van der Waals surface area (Å²) in [4.78, 5) is 26.1. The lowest BCUT2D eigenvalue weighted by Gasteiger charge is -2.38. The van der Waals surface area contributed by atoms with Crippen LogP contribution in [0, 0.1) is 0 Å². The van der Waals surface area contributed by atoms with Crippen LogP contribution in [0.2, 0.25) is 0 Å². The fourth-order valence-corrected chi connectivity index (χ4v) is 3.84. The summed E-state index contributed by atoms with van der Waals surface area (Å²) in [6.45, 7) is 4.94. The zero-order chi connectivity index (χ0) is 22.0. The van der Waals surface area contributed by atoms with Crippen molar-refractivity contribution in [2.24, 2.45) is 7.05 Å². The molecule has 1 aliphatic rings. The topological polar surface area (TPSA) is 97.6 Å². The first-order valence-electron chi connectivity index (χ1n) is 10.2. The van der Waals surface area contributed by atoms with Crippen molar-refractivity contribution in [3.05, 3.63) is 30.7 Å². The number of carbonyl (C=O) groups excluding carboxylic acids is 1. The number of ether oxygens (including phenoxy) is 2. The molecule has 1 aromatic carbocycles. The standard InChI is InChI=1S/C21H27N7O3/c1-14(21(29)25-17-11-15(30-3)5-6-18(17)31-4)27-7-9-28(10-8-27)20-16-12-24-26(2)19(16)22-13-23-20/h5-6,11-14H,7-10H2,1-4H3,(H,25,29). The van der Waals surface area contributed by atoms with E-state index in [9.17, 15) is 4.79 Å². The third kappa shape index (κ3) is 4.11. The molecule has 31 heavy (non-hydrogen) atoms. The minimum absolute atomic E-state index is 0.0864. The molecule has 4 rings (SSSR count). The van der Waals surface area contributed by atoms with Crippen molar-refractivity contribution >= 4 is 28.4 Å². The molecule has 1 amide bonds. The number of benzene rings is 1. The van der Waals surface area contributed by atoms with Gasteiger partial charge >= 0.3 is 0 Å². The molecule has 1 saturated heterocycles. The lowest BCUT2D eigenvalue weighted by molar-refractivity contribution is -0.120. The van der Waals surface area contributed by atoms with Crippen LogP contribution in [-0.2, 0) is 11.8 Å². The number of nitrogens with one attached hydrogen (secondary N) is 1. The van der Waals surface area contributed by atoms with Gasteiger partial charge in [-0.3, -0.25) is 14.4 Å². The van der Waals surface area contributed by atoms with E-state index in [0.29, 0.717) is 17.2 Å². The fourth-order valence-electron chi connectivity index (χ4n) is 3.84. The maximum absolute atomic E-state index is 12.9. The molecule has 10 nitrogen and oxygen atoms in total. The molecule has 1 fully saturated rings. The third-order valence-corrected chi connectivity index (χ3v) is 5.71. The molecule has 1 atom stereocenters. The monoisotopic (exact) mass is 425 g/mol. The Balaban J connectivity index is 1.41. The van der Waals surface area contributed by atoms with E-state index in [1.807, 2.05) is 14.0 Å². The molecule has 1 aliphatic heterocycles. The number of aryl methyl sites for hydroxylation is 1. The summed E-state index contributed by atoms with van der Waals surface area (Å²) in [5, 5.41) is 8.20. The molecule has 0 bridgehead atoms. The van der Waals surface area contributed by atoms with Crippen molar-refractivity contribution in [2.75, 3.05) is 50.6 Å². The Morgan fingerprint density at radius 3 is 2.61 bits per heavy atom. The van der Waals surface area contributed by atoms with Crippen molar-refractivity contribution in [2.45, 2.75) is 13.0 Å². The van der Waals surface area contributed by atoms with E-state index in [1.165, 1.54) is 0 Å². The number of anilines is 2. The predicted molar refractivity (Wildman–Crippen MR) is 118 cm³/mol. The molecule has 3 aromatic rings. The van der Waals surface area contributed by atoms with Gasteiger partial charge < -0.3 is 19.7 Å². The normalized spacial score (nSPS) is 15.7. The van der Waals surface area contributed by atoms with Crippen LogP contribution in [-0.4, -0.2) is 77.0 Å². The molecule has 164 valence electrons. The summed E-state index contributed by atoms with van der Waals surface area (Å²) in [6, 6.07) is 5.04. The number of fused-ring (bicyclic) bond motifs is 1. The minimum Gasteiger partial charge on any atom is -0.497 e. The van der Waals surface area contributed by atoms with E-state index < -0.39 is 0 Å². The molecule has 2 aromatic heterocycles. The van der Waals surface area contributed by atoms with Gasteiger partial charge in [0.15, 0.2) is 5.65 Å². The second-order valence-corrected chi connectivity index (χ2v) is 7.46. The first kappa shape index (κ1) is 20.9. The molecule has 1 unspecified atom stereocenters. The Hall–Kier alpha value is -3.40. The van der Waals surface area contributed by atoms with Crippen LogP contribution in [0.4, 0.5) is 11.5 Å². The van der Waals surface area contributed by atoms with E-state index in [4.69, 9.17) is 9.47 Å². The Kier molecular flexibility index (Phi) is 5.90. The van der Waals surface area contributed by atoms with Crippen LogP contribution >= 0.6 is 0 Å². The van der Waals surface area contributed by atoms with Gasteiger partial charge in [0.25, 0.3) is 0 Å². The number of piperazine rings is 1. The van der Waals surface area contributed by atoms with Gasteiger partial charge in [-0.2, -0.15) is 5.10 Å². The average molecular weight is 425 g/mol. The SMILES string of the molecule is COc1ccc(OC)c(NC(=O)C(C)N2CCN(c3ncnc4c3cnn4C)CC2)c1. The van der Waals surface area contributed by atoms with Gasteiger partial charge in [0, 0.05) is 39.3 Å². The number of rotatable bonds is 6. The Bertz CT molecular complexity index is 1080. The Morgan fingerprint density at radius 2 is 1.90 bits per heavy atom. The van der Waals surface area contributed by atoms with E-state index in [-0.39, 0.29) is 11.9 Å². The molecule has 10 heteroatoms. The highest BCUT2D eigenvalue weighted by atomic mass is 16.5. The number of amides is 1. The second-order valence-electron chi connectivity index (χ2n) is 7.46. The third-order valence-electron chi connectivity index (χ3n) is 5.71. The maximum Gasteiger partial charge on any atom is 0.241 e. The molecular weight excluding hydrogens is 398 g/mol. The van der Waals surface area contributed by atoms with Gasteiger partial charge in [-0.15, -0.1) is 0 Å². The fraction of sp³-hybridized carbons (Fsp3) is 0.429. The van der Waals surface area contributed by atoms with E-state index in [2.05, 4.69) is 30.2 Å². The van der Waals surface area contributed by atoms with Gasteiger partial charge in [0.05, 0.1) is 37.5 Å². The second kappa shape index (κ2) is 8.76. The van der Waals surface area contributed by atoms with E-state index in [1.54, 1.807) is 49.6 Å². The van der Waals surface area contributed by atoms with Crippen molar-refractivity contribution in [1.29, 1.82) is 0 Å². The van der Waals surface area contributed by atoms with E-state index >= 15 is 0 Å². The summed E-state index contributed by atoms with van der Waals surface area (Å²) in [6.07, 6.45) is 3.37. The zero-order valence-electron chi connectivity index (χ0n) is 18.2. The van der Waals surface area contributed by atoms with Gasteiger partial charge in [-0.25, -0.2) is 9.97 Å². The molecule has 0 saturated carbocycles. The quantitative estimate of drug-likeness (QED) is 0.635. The molecule has 3 heterocycles. The predicted octanol–water partition coefficient (Wildman–Crippen LogP) is 1.53. The first-order valence-corrected chi connectivity index (χ1v) is 10.2. The van der Waals surface area contributed by atoms with Crippen LogP contribution in [0.3, 0.4) is 0 Å². The Morgan fingerprint density at radius 1 is 1.13 bits per heavy atom. The van der Waals surface area contributed by atoms with Gasteiger partial charge in [-0.05, 0) is 19.1 Å². The molecule has 0 aliphatic carbocycles. The summed E-state index contributed by atoms with van der Waals surface area (Å²) < 4.78 is 12.4. The summed E-state index contributed by atoms with van der Waals surface area (Å²) in [7, 11) is 5.04. The number of hydrogen-bond donors (Lipinski definition) is 1. The van der Waals surface area contributed by atoms with Gasteiger partial charge in [0.1, 0.15) is 23.6 Å². The van der Waals surface area contributed by atoms with Gasteiger partial charge in [0.2, 0.25) is 5.91 Å². The summed E-state index contributed by atoms with van der Waals surface area (Å²) >= 11 is 0. The van der Waals surface area contributed by atoms with Crippen molar-refractivity contribution < 1.29 is 14.3 Å². The largest absolute Gasteiger partial charge is 0.497 e. The number of carbonyl (C=O) groups is 1. The number of hydrogen-bond acceptors (Lipinski definition) is 8. The lowest BCUT2D eigenvalue weighted by atomic mass is 10.2. The highest BCUT2D eigenvalue weighted by molar-refractivity contribution is 5.96. The summed E-state index contributed by atoms with van der Waals surface area (Å²) in [5.41, 5.74) is 1.41. The molecule has 0 radical (unpaired) electrons. The lowest BCUT2D eigenvalue weighted by Crippen LogP contribution is -2.53. The highest BCUT2D eigenvalue weighted by Gasteiger charge is 2.27. The minimum atomic E-state index is -0.290. The van der Waals surface area contributed by atoms with Crippen LogP contribution in [0.5, 0.6) is 11.5 Å². The molecule has 1 N–H and O–H groups in total. The first-order chi connectivity index (χ1) is 15.0.